The smallest absolute Gasteiger partial charge is 0.319 e. The predicted octanol–water partition coefficient (Wildman–Crippen LogP) is 3.03. The molecule has 2 aliphatic heterocycles. The SMILES string of the molecule is COCCN(CCOC)c1nc(N2CCC(OC)CC2)c2nc(OCc3ccc(C)nc3)nc(N3CCC(OC)CC3)c2n1. The van der Waals surface area contributed by atoms with Crippen LogP contribution in [-0.4, -0.2) is 118 Å². The van der Waals surface area contributed by atoms with E-state index in [1.807, 2.05) is 25.3 Å². The molecule has 0 amide bonds. The highest BCUT2D eigenvalue weighted by Gasteiger charge is 2.29. The number of hydrogen-bond donors (Lipinski definition) is 0. The highest BCUT2D eigenvalue weighted by atomic mass is 16.5. The molecule has 0 unspecified atom stereocenters. The lowest BCUT2D eigenvalue weighted by Crippen LogP contribution is -2.39. The molecule has 0 aromatic carbocycles. The standard InChI is InChI=1S/C31H46N8O5/c1-22-6-7-23(20-32-22)21-44-31-34-27-26(29(36-31)38-14-10-25(43-5)11-15-38)33-30(39(16-18-40-2)17-19-41-3)35-28(27)37-12-8-24(42-4)9-13-37/h6-7,20,24-25H,8-19,21H2,1-5H3. The Morgan fingerprint density at radius 2 is 1.32 bits per heavy atom. The van der Waals surface area contributed by atoms with Crippen LogP contribution in [0.15, 0.2) is 18.3 Å². The van der Waals surface area contributed by atoms with E-state index >= 15 is 0 Å². The normalized spacial score (nSPS) is 16.6. The van der Waals surface area contributed by atoms with Crippen LogP contribution in [0.1, 0.15) is 36.9 Å². The zero-order valence-corrected chi connectivity index (χ0v) is 26.7. The summed E-state index contributed by atoms with van der Waals surface area (Å²) in [5.41, 5.74) is 3.29. The van der Waals surface area contributed by atoms with Crippen LogP contribution in [0.2, 0.25) is 0 Å². The van der Waals surface area contributed by atoms with Crippen molar-refractivity contribution in [3.05, 3.63) is 29.6 Å². The van der Waals surface area contributed by atoms with Crippen LogP contribution < -0.4 is 19.4 Å². The lowest BCUT2D eigenvalue weighted by molar-refractivity contribution is 0.0816. The Labute approximate surface area is 259 Å². The third-order valence-corrected chi connectivity index (χ3v) is 8.38. The van der Waals surface area contributed by atoms with E-state index in [9.17, 15) is 0 Å². The van der Waals surface area contributed by atoms with Gasteiger partial charge in [-0.05, 0) is 38.7 Å². The van der Waals surface area contributed by atoms with Crippen molar-refractivity contribution in [1.29, 1.82) is 0 Å². The average molecular weight is 611 g/mol. The van der Waals surface area contributed by atoms with Gasteiger partial charge in [0.15, 0.2) is 11.6 Å². The fourth-order valence-corrected chi connectivity index (χ4v) is 5.65. The van der Waals surface area contributed by atoms with Crippen molar-refractivity contribution in [2.24, 2.45) is 0 Å². The van der Waals surface area contributed by atoms with Gasteiger partial charge >= 0.3 is 6.01 Å². The first kappa shape index (κ1) is 32.0. The maximum atomic E-state index is 6.22. The van der Waals surface area contributed by atoms with Gasteiger partial charge in [-0.1, -0.05) is 6.07 Å². The van der Waals surface area contributed by atoms with Gasteiger partial charge in [0.2, 0.25) is 5.95 Å². The summed E-state index contributed by atoms with van der Waals surface area (Å²) in [6.45, 7) is 7.76. The topological polar surface area (TPSA) is 120 Å². The lowest BCUT2D eigenvalue weighted by Gasteiger charge is -2.34. The summed E-state index contributed by atoms with van der Waals surface area (Å²) in [6, 6.07) is 4.28. The first-order valence-corrected chi connectivity index (χ1v) is 15.4. The van der Waals surface area contributed by atoms with E-state index in [2.05, 4.69) is 19.7 Å². The van der Waals surface area contributed by atoms with Gasteiger partial charge < -0.3 is 38.4 Å². The van der Waals surface area contributed by atoms with E-state index in [1.54, 1.807) is 28.4 Å². The molecule has 13 nitrogen and oxygen atoms in total. The molecule has 0 aliphatic carbocycles. The van der Waals surface area contributed by atoms with Gasteiger partial charge in [-0.2, -0.15) is 15.0 Å². The van der Waals surface area contributed by atoms with Crippen LogP contribution in [0, 0.1) is 6.92 Å². The summed E-state index contributed by atoms with van der Waals surface area (Å²) in [5.74, 6) is 2.12. The number of pyridine rings is 1. The Balaban J connectivity index is 1.61. The first-order valence-electron chi connectivity index (χ1n) is 15.4. The van der Waals surface area contributed by atoms with E-state index in [0.717, 1.165) is 74.8 Å². The third-order valence-electron chi connectivity index (χ3n) is 8.38. The molecule has 44 heavy (non-hydrogen) atoms. The number of aryl methyl sites for hydroxylation is 1. The Kier molecular flexibility index (Phi) is 11.3. The van der Waals surface area contributed by atoms with Crippen LogP contribution >= 0.6 is 0 Å². The van der Waals surface area contributed by atoms with Crippen LogP contribution in [-0.2, 0) is 25.6 Å². The van der Waals surface area contributed by atoms with Crippen molar-refractivity contribution in [2.75, 3.05) is 95.6 Å². The minimum atomic E-state index is 0.227. The predicted molar refractivity (Wildman–Crippen MR) is 169 cm³/mol. The number of methoxy groups -OCH3 is 4. The number of anilines is 3. The molecule has 0 bridgehead atoms. The van der Waals surface area contributed by atoms with Crippen LogP contribution in [0.5, 0.6) is 6.01 Å². The Hall–Kier alpha value is -3.39. The molecule has 0 radical (unpaired) electrons. The molecule has 2 aliphatic rings. The van der Waals surface area contributed by atoms with Crippen molar-refractivity contribution in [1.82, 2.24) is 24.9 Å². The van der Waals surface area contributed by atoms with Crippen molar-refractivity contribution >= 4 is 28.6 Å². The highest BCUT2D eigenvalue weighted by molar-refractivity contribution is 5.94. The number of ether oxygens (including phenoxy) is 5. The van der Waals surface area contributed by atoms with Gasteiger partial charge in [0.25, 0.3) is 0 Å². The van der Waals surface area contributed by atoms with Crippen molar-refractivity contribution in [2.45, 2.75) is 51.4 Å². The van der Waals surface area contributed by atoms with Crippen LogP contribution in [0.3, 0.4) is 0 Å². The van der Waals surface area contributed by atoms with E-state index in [0.29, 0.717) is 55.9 Å². The molecule has 5 rings (SSSR count). The Bertz CT molecular complexity index is 1320. The number of fused-ring (bicyclic) bond motifs is 1. The van der Waals surface area contributed by atoms with E-state index in [4.69, 9.17) is 43.6 Å². The number of hydrogen-bond acceptors (Lipinski definition) is 13. The zero-order valence-electron chi connectivity index (χ0n) is 26.7. The molecule has 13 heteroatoms. The number of rotatable bonds is 14. The monoisotopic (exact) mass is 610 g/mol. The molecule has 240 valence electrons. The number of piperidine rings is 2. The van der Waals surface area contributed by atoms with E-state index in [-0.39, 0.29) is 12.2 Å². The van der Waals surface area contributed by atoms with Gasteiger partial charge in [0, 0.05) is 85.2 Å². The van der Waals surface area contributed by atoms with Gasteiger partial charge in [-0.25, -0.2) is 4.98 Å². The number of aromatic nitrogens is 5. The molecule has 5 heterocycles. The zero-order chi connectivity index (χ0) is 30.9. The average Bonchev–Trinajstić information content (AvgIpc) is 3.07. The van der Waals surface area contributed by atoms with Gasteiger partial charge in [0.05, 0.1) is 25.4 Å². The molecular formula is C31H46N8O5. The summed E-state index contributed by atoms with van der Waals surface area (Å²) in [5, 5.41) is 0. The molecule has 0 spiro atoms. The molecule has 0 N–H and O–H groups in total. The second-order valence-corrected chi connectivity index (χ2v) is 11.3. The Morgan fingerprint density at radius 1 is 0.750 bits per heavy atom. The molecule has 3 aromatic rings. The van der Waals surface area contributed by atoms with Gasteiger partial charge in [-0.15, -0.1) is 0 Å². The minimum absolute atomic E-state index is 0.227. The molecular weight excluding hydrogens is 564 g/mol. The van der Waals surface area contributed by atoms with Gasteiger partial charge in [-0.3, -0.25) is 4.98 Å². The molecule has 2 saturated heterocycles. The summed E-state index contributed by atoms with van der Waals surface area (Å²) >= 11 is 0. The maximum absolute atomic E-state index is 6.22. The number of nitrogens with zero attached hydrogens (tertiary/aromatic N) is 8. The second kappa shape index (κ2) is 15.6. The maximum Gasteiger partial charge on any atom is 0.319 e. The summed E-state index contributed by atoms with van der Waals surface area (Å²) in [6.07, 6.45) is 5.88. The van der Waals surface area contributed by atoms with Crippen LogP contribution in [0.25, 0.3) is 11.0 Å². The Morgan fingerprint density at radius 3 is 1.84 bits per heavy atom. The third kappa shape index (κ3) is 7.81. The van der Waals surface area contributed by atoms with Crippen molar-refractivity contribution in [3.63, 3.8) is 0 Å². The largest absolute Gasteiger partial charge is 0.458 e. The molecule has 0 saturated carbocycles. The van der Waals surface area contributed by atoms with Crippen LogP contribution in [0.4, 0.5) is 17.6 Å². The van der Waals surface area contributed by atoms with E-state index < -0.39 is 0 Å². The molecule has 3 aromatic heterocycles. The summed E-state index contributed by atoms with van der Waals surface area (Å²) in [4.78, 5) is 31.3. The minimum Gasteiger partial charge on any atom is -0.458 e. The van der Waals surface area contributed by atoms with E-state index in [1.165, 1.54) is 0 Å². The second-order valence-electron chi connectivity index (χ2n) is 11.3. The highest BCUT2D eigenvalue weighted by Crippen LogP contribution is 2.35. The first-order chi connectivity index (χ1) is 21.5. The molecule has 0 atom stereocenters. The fraction of sp³-hybridized carbons (Fsp3) is 0.645. The lowest BCUT2D eigenvalue weighted by atomic mass is 10.1. The summed E-state index contributed by atoms with van der Waals surface area (Å²) in [7, 11) is 6.96. The summed E-state index contributed by atoms with van der Waals surface area (Å²) < 4.78 is 28.4. The molecule has 2 fully saturated rings. The van der Waals surface area contributed by atoms with Crippen molar-refractivity contribution < 1.29 is 23.7 Å². The van der Waals surface area contributed by atoms with Gasteiger partial charge in [0.1, 0.15) is 17.6 Å². The van der Waals surface area contributed by atoms with Crippen molar-refractivity contribution in [3.8, 4) is 6.01 Å². The quantitative estimate of drug-likeness (QED) is 0.266. The fourth-order valence-electron chi connectivity index (χ4n) is 5.65.